The maximum Gasteiger partial charge on any atom is 0.0348 e. The van der Waals surface area contributed by atoms with Crippen LogP contribution in [0.2, 0.25) is 0 Å². The van der Waals surface area contributed by atoms with Crippen LogP contribution in [-0.4, -0.2) is 4.57 Å². The van der Waals surface area contributed by atoms with Crippen LogP contribution in [0.4, 0.5) is 0 Å². The van der Waals surface area contributed by atoms with E-state index in [0.29, 0.717) is 0 Å². The van der Waals surface area contributed by atoms with Crippen LogP contribution in [0.5, 0.6) is 0 Å². The van der Waals surface area contributed by atoms with Crippen LogP contribution in [0.15, 0.2) is 42.5 Å². The SMILES string of the molecule is CCn1c2cc[c-]cc2c2ccccc21.[Au].[C-]#C. The molecule has 1 heterocycles. The number of hydrogen-bond acceptors (Lipinski definition) is 0. The molecule has 1 radical (unpaired) electrons. The zero-order valence-electron chi connectivity index (χ0n) is 10.1. The van der Waals surface area contributed by atoms with E-state index >= 15 is 0 Å². The molecule has 0 aliphatic rings. The molecule has 95 valence electrons. The molecule has 0 aliphatic carbocycles. The van der Waals surface area contributed by atoms with Crippen molar-refractivity contribution < 1.29 is 22.4 Å². The van der Waals surface area contributed by atoms with Gasteiger partial charge in [0.05, 0.1) is 0 Å². The number of aryl methyl sites for hydroxylation is 1. The smallest absolute Gasteiger partial charge is 0.0348 e. The van der Waals surface area contributed by atoms with Crippen molar-refractivity contribution in [1.29, 1.82) is 0 Å². The standard InChI is InChI=1S/C14H12N.C2H.Au/c1-2-15-13-9-5-3-7-11(13)12-8-4-6-10-14(12)15;1-2;/h3,5-10H,2H2,1H3;1H;/q2*-1;. The second kappa shape index (κ2) is 6.47. The van der Waals surface area contributed by atoms with E-state index in [1.807, 2.05) is 6.07 Å². The molecule has 0 unspecified atom stereocenters. The molecule has 1 nitrogen and oxygen atoms in total. The molecule has 2 aromatic carbocycles. The molecule has 2 heteroatoms. The molecule has 18 heavy (non-hydrogen) atoms. The molecule has 3 aromatic rings. The second-order valence-corrected chi connectivity index (χ2v) is 3.70. The molecular formula is C16H13AuN-2. The van der Waals surface area contributed by atoms with Crippen LogP contribution >= 0.6 is 0 Å². The van der Waals surface area contributed by atoms with E-state index in [9.17, 15) is 0 Å². The van der Waals surface area contributed by atoms with Crippen LogP contribution in [0.1, 0.15) is 6.92 Å². The molecule has 0 bridgehead atoms. The van der Waals surface area contributed by atoms with Gasteiger partial charge >= 0.3 is 0 Å². The molecule has 0 spiro atoms. The van der Waals surface area contributed by atoms with Gasteiger partial charge in [-0.2, -0.15) is 18.2 Å². The normalized spacial score (nSPS) is 9.50. The van der Waals surface area contributed by atoms with Crippen molar-refractivity contribution in [2.24, 2.45) is 0 Å². The monoisotopic (exact) mass is 416 g/mol. The van der Waals surface area contributed by atoms with E-state index in [1.54, 1.807) is 0 Å². The van der Waals surface area contributed by atoms with Crippen LogP contribution < -0.4 is 0 Å². The summed E-state index contributed by atoms with van der Waals surface area (Å²) in [5.74, 6) is 0. The van der Waals surface area contributed by atoms with Gasteiger partial charge in [-0.25, -0.2) is 0 Å². The zero-order chi connectivity index (χ0) is 12.3. The van der Waals surface area contributed by atoms with Gasteiger partial charge in [0.25, 0.3) is 0 Å². The number of fused-ring (bicyclic) bond motifs is 3. The molecule has 0 N–H and O–H groups in total. The molecule has 0 fully saturated rings. The number of hydrogen-bond donors (Lipinski definition) is 0. The average molecular weight is 416 g/mol. The summed E-state index contributed by atoms with van der Waals surface area (Å²) >= 11 is 0. The van der Waals surface area contributed by atoms with Gasteiger partial charge in [0.15, 0.2) is 0 Å². The van der Waals surface area contributed by atoms with Crippen LogP contribution in [0.25, 0.3) is 21.8 Å². The first kappa shape index (κ1) is 14.6. The first-order valence-electron chi connectivity index (χ1n) is 5.57. The van der Waals surface area contributed by atoms with Crippen molar-refractivity contribution in [3.05, 3.63) is 55.0 Å². The summed E-state index contributed by atoms with van der Waals surface area (Å²) in [6, 6.07) is 17.9. The minimum absolute atomic E-state index is 0. The Morgan fingerprint density at radius 2 is 1.78 bits per heavy atom. The fourth-order valence-corrected chi connectivity index (χ4v) is 2.28. The Morgan fingerprint density at radius 3 is 2.50 bits per heavy atom. The van der Waals surface area contributed by atoms with E-state index < -0.39 is 0 Å². The summed E-state index contributed by atoms with van der Waals surface area (Å²) in [5.41, 5.74) is 2.62. The Hall–Kier alpha value is -1.46. The summed E-state index contributed by atoms with van der Waals surface area (Å²) in [5, 5.41) is 2.63. The van der Waals surface area contributed by atoms with Crippen molar-refractivity contribution in [2.75, 3.05) is 0 Å². The molecule has 3 rings (SSSR count). The van der Waals surface area contributed by atoms with Gasteiger partial charge in [-0.05, 0) is 18.4 Å². The maximum atomic E-state index is 5.25. The van der Waals surface area contributed by atoms with Crippen molar-refractivity contribution in [3.8, 4) is 6.42 Å². The molecule has 0 aliphatic heterocycles. The van der Waals surface area contributed by atoms with E-state index in [2.05, 4.69) is 60.4 Å². The Labute approximate surface area is 123 Å². The predicted molar refractivity (Wildman–Crippen MR) is 72.1 cm³/mol. The van der Waals surface area contributed by atoms with E-state index in [-0.39, 0.29) is 22.4 Å². The predicted octanol–water partition coefficient (Wildman–Crippen LogP) is 3.82. The van der Waals surface area contributed by atoms with Crippen LogP contribution in [-0.2, 0) is 28.9 Å². The largest absolute Gasteiger partial charge is 0.697 e. The van der Waals surface area contributed by atoms with Crippen molar-refractivity contribution in [3.63, 3.8) is 0 Å². The third-order valence-electron chi connectivity index (χ3n) is 2.93. The van der Waals surface area contributed by atoms with Gasteiger partial charge in [-0.1, -0.05) is 23.7 Å². The Kier molecular flexibility index (Phi) is 5.25. The van der Waals surface area contributed by atoms with Crippen molar-refractivity contribution in [2.45, 2.75) is 13.5 Å². The summed E-state index contributed by atoms with van der Waals surface area (Å²) < 4.78 is 2.35. The van der Waals surface area contributed by atoms with Gasteiger partial charge in [0, 0.05) is 34.4 Å². The molecule has 0 saturated heterocycles. The molecular weight excluding hydrogens is 403 g/mol. The Bertz CT molecular complexity index is 611. The zero-order valence-corrected chi connectivity index (χ0v) is 12.2. The summed E-state index contributed by atoms with van der Waals surface area (Å²) in [6.45, 7) is 3.19. The topological polar surface area (TPSA) is 4.93 Å². The fourth-order valence-electron chi connectivity index (χ4n) is 2.28. The molecule has 0 amide bonds. The van der Waals surface area contributed by atoms with E-state index in [4.69, 9.17) is 6.42 Å². The Balaban J connectivity index is 0.000000516. The van der Waals surface area contributed by atoms with Crippen molar-refractivity contribution in [1.82, 2.24) is 4.57 Å². The summed E-state index contributed by atoms with van der Waals surface area (Å²) in [6.07, 6.45) is 9.00. The average Bonchev–Trinajstić information content (AvgIpc) is 2.75. The van der Waals surface area contributed by atoms with Gasteiger partial charge < -0.3 is 17.4 Å². The van der Waals surface area contributed by atoms with Gasteiger partial charge in [0.1, 0.15) is 0 Å². The molecule has 0 saturated carbocycles. The van der Waals surface area contributed by atoms with Gasteiger partial charge in [-0.3, -0.25) is 0 Å². The number of para-hydroxylation sites is 1. The fraction of sp³-hybridized carbons (Fsp3) is 0.125. The minimum Gasteiger partial charge on any atom is -0.697 e. The maximum absolute atomic E-state index is 5.25. The number of rotatable bonds is 1. The second-order valence-electron chi connectivity index (χ2n) is 3.70. The third-order valence-corrected chi connectivity index (χ3v) is 2.93. The van der Waals surface area contributed by atoms with E-state index in [0.717, 1.165) is 6.54 Å². The van der Waals surface area contributed by atoms with Gasteiger partial charge in [-0.15, -0.1) is 11.5 Å². The Morgan fingerprint density at radius 1 is 1.11 bits per heavy atom. The third kappa shape index (κ3) is 2.23. The van der Waals surface area contributed by atoms with Crippen LogP contribution in [0.3, 0.4) is 0 Å². The summed E-state index contributed by atoms with van der Waals surface area (Å²) in [7, 11) is 0. The van der Waals surface area contributed by atoms with Crippen molar-refractivity contribution >= 4 is 21.8 Å². The van der Waals surface area contributed by atoms with E-state index in [1.165, 1.54) is 21.8 Å². The van der Waals surface area contributed by atoms with Gasteiger partial charge in [0.2, 0.25) is 0 Å². The summed E-state index contributed by atoms with van der Waals surface area (Å²) in [4.78, 5) is 0. The molecule has 0 atom stereocenters. The molecule has 1 aromatic heterocycles. The number of terminal acetylenes is 1. The van der Waals surface area contributed by atoms with Crippen LogP contribution in [0, 0.1) is 18.9 Å². The quantitative estimate of drug-likeness (QED) is 0.323. The first-order valence-corrected chi connectivity index (χ1v) is 5.57. The minimum atomic E-state index is 0. The first-order chi connectivity index (χ1) is 8.42. The number of benzene rings is 2. The number of nitrogens with zero attached hydrogens (tertiary/aromatic N) is 1. The number of aromatic nitrogens is 1.